The van der Waals surface area contributed by atoms with Crippen molar-refractivity contribution in [2.45, 2.75) is 4.90 Å². The highest BCUT2D eigenvalue weighted by Crippen LogP contribution is 2.20. The molecule has 3 rings (SSSR count). The number of nitrogens with zero attached hydrogens (tertiary/aromatic N) is 2. The number of ether oxygens (including phenoxy) is 2. The molecule has 1 heterocycles. The highest BCUT2D eigenvalue weighted by atomic mass is 32.2. The molecular formula is C21H27N3O5S. The molecule has 0 spiro atoms. The predicted octanol–water partition coefficient (Wildman–Crippen LogP) is 1.66. The molecule has 1 aliphatic rings. The molecule has 8 nitrogen and oxygen atoms in total. The summed E-state index contributed by atoms with van der Waals surface area (Å²) < 4.78 is 37.6. The van der Waals surface area contributed by atoms with Gasteiger partial charge in [-0.2, -0.15) is 4.31 Å². The number of para-hydroxylation sites is 1. The fraction of sp³-hybridized carbons (Fsp3) is 0.381. The molecule has 1 saturated heterocycles. The van der Waals surface area contributed by atoms with Gasteiger partial charge in [-0.05, 0) is 43.4 Å². The predicted molar refractivity (Wildman–Crippen MR) is 114 cm³/mol. The summed E-state index contributed by atoms with van der Waals surface area (Å²) in [6, 6.07) is 15.7. The van der Waals surface area contributed by atoms with Gasteiger partial charge in [0.1, 0.15) is 12.4 Å². The molecule has 0 aliphatic carbocycles. The summed E-state index contributed by atoms with van der Waals surface area (Å²) in [4.78, 5) is 14.2. The lowest BCUT2D eigenvalue weighted by Crippen LogP contribution is -2.40. The molecular weight excluding hydrogens is 406 g/mol. The minimum absolute atomic E-state index is 0.0960. The van der Waals surface area contributed by atoms with Crippen LogP contribution in [0.1, 0.15) is 0 Å². The van der Waals surface area contributed by atoms with Crippen LogP contribution < -0.4 is 10.1 Å². The molecule has 1 fully saturated rings. The second-order valence-corrected chi connectivity index (χ2v) is 8.93. The van der Waals surface area contributed by atoms with Crippen LogP contribution in [0.25, 0.3) is 0 Å². The van der Waals surface area contributed by atoms with Crippen molar-refractivity contribution in [2.75, 3.05) is 58.4 Å². The Morgan fingerprint density at radius 1 is 1.10 bits per heavy atom. The van der Waals surface area contributed by atoms with Crippen molar-refractivity contribution in [2.24, 2.45) is 0 Å². The number of hydrogen-bond acceptors (Lipinski definition) is 6. The van der Waals surface area contributed by atoms with Gasteiger partial charge in [0.2, 0.25) is 15.9 Å². The molecule has 1 aliphatic heterocycles. The number of benzene rings is 2. The highest BCUT2D eigenvalue weighted by molar-refractivity contribution is 7.89. The molecule has 0 aromatic heterocycles. The number of amides is 1. The van der Waals surface area contributed by atoms with Gasteiger partial charge in [0.25, 0.3) is 0 Å². The number of nitrogens with one attached hydrogen (secondary N) is 1. The van der Waals surface area contributed by atoms with Crippen LogP contribution in [0.4, 0.5) is 5.69 Å². The van der Waals surface area contributed by atoms with E-state index in [2.05, 4.69) is 5.32 Å². The summed E-state index contributed by atoms with van der Waals surface area (Å²) in [7, 11) is -1.67. The van der Waals surface area contributed by atoms with Crippen LogP contribution in [-0.2, 0) is 19.6 Å². The Labute approximate surface area is 177 Å². The number of sulfonamides is 1. The molecule has 1 amide bonds. The lowest BCUT2D eigenvalue weighted by molar-refractivity contribution is -0.117. The Morgan fingerprint density at radius 2 is 1.77 bits per heavy atom. The summed E-state index contributed by atoms with van der Waals surface area (Å²) in [5.74, 6) is 0.486. The van der Waals surface area contributed by atoms with E-state index < -0.39 is 10.0 Å². The number of carbonyl (C=O) groups excluding carboxylic acids is 1. The first-order valence-corrected chi connectivity index (χ1v) is 11.2. The molecule has 1 N–H and O–H groups in total. The molecule has 0 atom stereocenters. The molecule has 0 unspecified atom stereocenters. The van der Waals surface area contributed by atoms with Gasteiger partial charge in [0, 0.05) is 25.3 Å². The zero-order valence-electron chi connectivity index (χ0n) is 17.0. The first-order chi connectivity index (χ1) is 14.4. The molecule has 2 aromatic rings. The van der Waals surface area contributed by atoms with E-state index in [9.17, 15) is 13.2 Å². The van der Waals surface area contributed by atoms with Crippen molar-refractivity contribution in [3.05, 3.63) is 54.6 Å². The lowest BCUT2D eigenvalue weighted by Gasteiger charge is -2.26. The molecule has 0 saturated carbocycles. The second kappa shape index (κ2) is 10.5. The Hall–Kier alpha value is -2.46. The van der Waals surface area contributed by atoms with Gasteiger partial charge in [-0.3, -0.25) is 9.69 Å². The topological polar surface area (TPSA) is 88.2 Å². The fourth-order valence-electron chi connectivity index (χ4n) is 3.01. The monoisotopic (exact) mass is 433 g/mol. The van der Waals surface area contributed by atoms with Crippen LogP contribution in [-0.4, -0.2) is 76.6 Å². The van der Waals surface area contributed by atoms with E-state index in [-0.39, 0.29) is 17.3 Å². The van der Waals surface area contributed by atoms with Gasteiger partial charge in [0.05, 0.1) is 24.7 Å². The zero-order chi connectivity index (χ0) is 21.4. The van der Waals surface area contributed by atoms with Crippen molar-refractivity contribution >= 4 is 21.6 Å². The van der Waals surface area contributed by atoms with Gasteiger partial charge in [-0.25, -0.2) is 8.42 Å². The maximum atomic E-state index is 12.6. The summed E-state index contributed by atoms with van der Waals surface area (Å²) in [6.45, 7) is 2.74. The highest BCUT2D eigenvalue weighted by Gasteiger charge is 2.26. The van der Waals surface area contributed by atoms with E-state index in [0.717, 1.165) is 5.69 Å². The Balaban J connectivity index is 1.43. The maximum absolute atomic E-state index is 12.6. The van der Waals surface area contributed by atoms with E-state index in [0.29, 0.717) is 45.2 Å². The third-order valence-corrected chi connectivity index (χ3v) is 6.56. The minimum Gasteiger partial charge on any atom is -0.492 e. The van der Waals surface area contributed by atoms with E-state index in [1.165, 1.54) is 4.31 Å². The first-order valence-electron chi connectivity index (χ1n) is 9.79. The number of rotatable bonds is 9. The summed E-state index contributed by atoms with van der Waals surface area (Å²) in [5, 5.41) is 2.84. The van der Waals surface area contributed by atoms with E-state index in [1.54, 1.807) is 24.3 Å². The molecule has 2 aromatic carbocycles. The number of hydrogen-bond donors (Lipinski definition) is 1. The average Bonchev–Trinajstić information content (AvgIpc) is 2.75. The maximum Gasteiger partial charge on any atom is 0.243 e. The lowest BCUT2D eigenvalue weighted by atomic mass is 10.3. The summed E-state index contributed by atoms with van der Waals surface area (Å²) in [6.07, 6.45) is 0. The normalized spacial score (nSPS) is 15.1. The van der Waals surface area contributed by atoms with Crippen LogP contribution in [0.2, 0.25) is 0 Å². The number of likely N-dealkylation sites (N-methyl/N-ethyl adjacent to an activating group) is 1. The van der Waals surface area contributed by atoms with Crippen LogP contribution in [0.5, 0.6) is 5.75 Å². The minimum atomic E-state index is -3.51. The van der Waals surface area contributed by atoms with E-state index in [1.807, 2.05) is 42.3 Å². The average molecular weight is 434 g/mol. The van der Waals surface area contributed by atoms with Crippen LogP contribution >= 0.6 is 0 Å². The van der Waals surface area contributed by atoms with E-state index in [4.69, 9.17) is 9.47 Å². The number of anilines is 1. The van der Waals surface area contributed by atoms with Gasteiger partial charge < -0.3 is 14.8 Å². The van der Waals surface area contributed by atoms with E-state index >= 15 is 0 Å². The van der Waals surface area contributed by atoms with Crippen molar-refractivity contribution < 1.29 is 22.7 Å². The Bertz CT molecular complexity index is 913. The van der Waals surface area contributed by atoms with Gasteiger partial charge >= 0.3 is 0 Å². The van der Waals surface area contributed by atoms with Gasteiger partial charge in [0.15, 0.2) is 0 Å². The second-order valence-electron chi connectivity index (χ2n) is 6.99. The largest absolute Gasteiger partial charge is 0.492 e. The Kier molecular flexibility index (Phi) is 7.81. The zero-order valence-corrected chi connectivity index (χ0v) is 17.8. The SMILES string of the molecule is CN(CCOc1ccc(S(=O)(=O)N2CCOCC2)cc1)CC(=O)Nc1ccccc1. The van der Waals surface area contributed by atoms with Crippen LogP contribution in [0.15, 0.2) is 59.5 Å². The summed E-state index contributed by atoms with van der Waals surface area (Å²) >= 11 is 0. The molecule has 9 heteroatoms. The van der Waals surface area contributed by atoms with Crippen LogP contribution in [0, 0.1) is 0 Å². The third-order valence-electron chi connectivity index (χ3n) is 4.64. The first kappa shape index (κ1) is 22.2. The van der Waals surface area contributed by atoms with Crippen molar-refractivity contribution in [1.29, 1.82) is 0 Å². The third kappa shape index (κ3) is 6.27. The smallest absolute Gasteiger partial charge is 0.243 e. The number of carbonyl (C=O) groups is 1. The standard InChI is InChI=1S/C21H27N3O5S/c1-23(17-21(25)22-18-5-3-2-4-6-18)11-16-29-19-7-9-20(10-8-19)30(26,27)24-12-14-28-15-13-24/h2-10H,11-17H2,1H3,(H,22,25). The van der Waals surface area contributed by atoms with Gasteiger partial charge in [-0.1, -0.05) is 18.2 Å². The Morgan fingerprint density at radius 3 is 2.43 bits per heavy atom. The quantitative estimate of drug-likeness (QED) is 0.647. The van der Waals surface area contributed by atoms with Crippen molar-refractivity contribution in [3.8, 4) is 5.75 Å². The molecule has 30 heavy (non-hydrogen) atoms. The molecule has 162 valence electrons. The van der Waals surface area contributed by atoms with Gasteiger partial charge in [-0.15, -0.1) is 0 Å². The van der Waals surface area contributed by atoms with Crippen LogP contribution in [0.3, 0.4) is 0 Å². The van der Waals surface area contributed by atoms with Crippen molar-refractivity contribution in [1.82, 2.24) is 9.21 Å². The molecule has 0 radical (unpaired) electrons. The fourth-order valence-corrected chi connectivity index (χ4v) is 4.42. The summed E-state index contributed by atoms with van der Waals surface area (Å²) in [5.41, 5.74) is 0.763. The molecule has 0 bridgehead atoms. The van der Waals surface area contributed by atoms with Crippen molar-refractivity contribution in [3.63, 3.8) is 0 Å². The number of morpholine rings is 1.